The van der Waals surface area contributed by atoms with Gasteiger partial charge in [-0.1, -0.05) is 5.57 Å². The number of carboxylic acid groups (broad SMARTS) is 1. The molecule has 0 bridgehead atoms. The van der Waals surface area contributed by atoms with E-state index in [1.165, 1.54) is 0 Å². The normalized spacial score (nSPS) is 12.5. The topological polar surface area (TPSA) is 63.3 Å². The third-order valence-corrected chi connectivity index (χ3v) is 1.43. The van der Waals surface area contributed by atoms with Crippen molar-refractivity contribution in [3.05, 3.63) is 12.2 Å². The molecule has 0 saturated carbocycles. The Morgan fingerprint density at radius 3 is 2.45 bits per heavy atom. The van der Waals surface area contributed by atoms with Crippen molar-refractivity contribution in [1.29, 1.82) is 0 Å². The van der Waals surface area contributed by atoms with Crippen molar-refractivity contribution in [1.82, 2.24) is 0 Å². The molecule has 0 amide bonds. The lowest BCUT2D eigenvalue weighted by Crippen LogP contribution is -2.18. The summed E-state index contributed by atoms with van der Waals surface area (Å²) in [5, 5.41) is 8.44. The van der Waals surface area contributed by atoms with Gasteiger partial charge in [0.25, 0.3) is 0 Å². The van der Waals surface area contributed by atoms with Crippen LogP contribution in [0.1, 0.15) is 19.8 Å². The molecule has 0 rings (SSSR count). The van der Waals surface area contributed by atoms with E-state index in [2.05, 4.69) is 6.58 Å². The van der Waals surface area contributed by atoms with Gasteiger partial charge in [0.15, 0.2) is 0 Å². The van der Waals surface area contributed by atoms with Crippen molar-refractivity contribution >= 4 is 5.97 Å². The Hall–Kier alpha value is -0.830. The molecule has 0 aliphatic carbocycles. The highest BCUT2D eigenvalue weighted by Gasteiger charge is 2.10. The quantitative estimate of drug-likeness (QED) is 0.585. The van der Waals surface area contributed by atoms with Gasteiger partial charge in [0.1, 0.15) is 0 Å². The van der Waals surface area contributed by atoms with Crippen LogP contribution in [0.4, 0.5) is 0 Å². The van der Waals surface area contributed by atoms with E-state index in [9.17, 15) is 4.79 Å². The zero-order chi connectivity index (χ0) is 8.85. The number of allylic oxidation sites excluding steroid dienone is 1. The third kappa shape index (κ3) is 5.61. The van der Waals surface area contributed by atoms with E-state index >= 15 is 0 Å². The second-order valence-electron chi connectivity index (χ2n) is 2.86. The molecule has 0 saturated heterocycles. The monoisotopic (exact) mass is 157 g/mol. The molecule has 3 N–H and O–H groups in total. The number of rotatable bonds is 5. The first kappa shape index (κ1) is 10.2. The lowest BCUT2D eigenvalue weighted by Gasteiger charge is -2.10. The summed E-state index contributed by atoms with van der Waals surface area (Å²) in [6.07, 6.45) is 0.853. The minimum atomic E-state index is -0.790. The zero-order valence-corrected chi connectivity index (χ0v) is 6.84. The maximum atomic E-state index is 10.3. The van der Waals surface area contributed by atoms with E-state index in [-0.39, 0.29) is 12.3 Å². The van der Waals surface area contributed by atoms with E-state index in [4.69, 9.17) is 10.8 Å². The van der Waals surface area contributed by atoms with Crippen LogP contribution in [0.25, 0.3) is 0 Å². The van der Waals surface area contributed by atoms with E-state index in [0.717, 1.165) is 5.57 Å². The zero-order valence-electron chi connectivity index (χ0n) is 6.84. The summed E-state index contributed by atoms with van der Waals surface area (Å²) in [5.74, 6) is -0.744. The van der Waals surface area contributed by atoms with Gasteiger partial charge in [-0.3, -0.25) is 4.79 Å². The average Bonchev–Trinajstić information content (AvgIpc) is 1.84. The van der Waals surface area contributed by atoms with Crippen LogP contribution in [0, 0.1) is 5.92 Å². The van der Waals surface area contributed by atoms with Crippen molar-refractivity contribution in [3.8, 4) is 0 Å². The van der Waals surface area contributed by atoms with Gasteiger partial charge >= 0.3 is 5.97 Å². The number of aliphatic carboxylic acids is 1. The van der Waals surface area contributed by atoms with Crippen LogP contribution in [0.3, 0.4) is 0 Å². The van der Waals surface area contributed by atoms with Gasteiger partial charge in [0.2, 0.25) is 0 Å². The number of hydrogen-bond acceptors (Lipinski definition) is 2. The first-order valence-electron chi connectivity index (χ1n) is 3.62. The van der Waals surface area contributed by atoms with Gasteiger partial charge in [-0.2, -0.15) is 0 Å². The molecular weight excluding hydrogens is 142 g/mol. The Bertz CT molecular complexity index is 138. The molecule has 1 atom stereocenters. The van der Waals surface area contributed by atoms with E-state index in [0.29, 0.717) is 13.0 Å². The standard InChI is InChI=1S/C8H15NO2/c1-6(2)3-7(5-9)4-8(10)11/h7H,1,3-5,9H2,2H3,(H,10,11)/t7-/m0/s1. The van der Waals surface area contributed by atoms with Crippen LogP contribution in [0.2, 0.25) is 0 Å². The molecule has 3 nitrogen and oxygen atoms in total. The van der Waals surface area contributed by atoms with Gasteiger partial charge in [0.05, 0.1) is 0 Å². The predicted molar refractivity (Wildman–Crippen MR) is 44.2 cm³/mol. The maximum absolute atomic E-state index is 10.3. The van der Waals surface area contributed by atoms with Crippen LogP contribution >= 0.6 is 0 Å². The van der Waals surface area contributed by atoms with E-state index in [1.54, 1.807) is 0 Å². The molecule has 3 heteroatoms. The molecule has 0 aliphatic heterocycles. The molecule has 0 aliphatic rings. The molecule has 0 aromatic heterocycles. The van der Waals surface area contributed by atoms with Crippen molar-refractivity contribution in [2.45, 2.75) is 19.8 Å². The minimum absolute atomic E-state index is 0.0463. The fourth-order valence-electron chi connectivity index (χ4n) is 0.979. The fraction of sp³-hybridized carbons (Fsp3) is 0.625. The highest BCUT2D eigenvalue weighted by Crippen LogP contribution is 2.11. The summed E-state index contributed by atoms with van der Waals surface area (Å²) >= 11 is 0. The highest BCUT2D eigenvalue weighted by molar-refractivity contribution is 5.67. The maximum Gasteiger partial charge on any atom is 0.303 e. The first-order valence-corrected chi connectivity index (χ1v) is 3.62. The van der Waals surface area contributed by atoms with Crippen LogP contribution in [0.15, 0.2) is 12.2 Å². The summed E-state index contributed by atoms with van der Waals surface area (Å²) in [6.45, 7) is 6.00. The summed E-state index contributed by atoms with van der Waals surface area (Å²) in [5.41, 5.74) is 6.35. The number of carbonyl (C=O) groups is 1. The summed E-state index contributed by atoms with van der Waals surface area (Å²) < 4.78 is 0. The SMILES string of the molecule is C=C(C)C[C@H](CN)CC(=O)O. The van der Waals surface area contributed by atoms with E-state index < -0.39 is 5.97 Å². The molecule has 0 spiro atoms. The molecule has 0 aromatic carbocycles. The largest absolute Gasteiger partial charge is 0.481 e. The number of carboxylic acids is 1. The van der Waals surface area contributed by atoms with Crippen LogP contribution in [0.5, 0.6) is 0 Å². The Balaban J connectivity index is 3.76. The van der Waals surface area contributed by atoms with Crippen LogP contribution < -0.4 is 5.73 Å². The van der Waals surface area contributed by atoms with Gasteiger partial charge in [-0.15, -0.1) is 6.58 Å². The summed E-state index contributed by atoms with van der Waals surface area (Å²) in [6, 6.07) is 0. The molecule has 0 heterocycles. The van der Waals surface area contributed by atoms with Crippen molar-refractivity contribution in [2.24, 2.45) is 11.7 Å². The Morgan fingerprint density at radius 2 is 2.18 bits per heavy atom. The van der Waals surface area contributed by atoms with E-state index in [1.807, 2.05) is 6.92 Å². The van der Waals surface area contributed by atoms with Crippen molar-refractivity contribution in [3.63, 3.8) is 0 Å². The second-order valence-corrected chi connectivity index (χ2v) is 2.86. The molecule has 11 heavy (non-hydrogen) atoms. The molecule has 0 fully saturated rings. The molecular formula is C8H15NO2. The average molecular weight is 157 g/mol. The van der Waals surface area contributed by atoms with Crippen LogP contribution in [-0.4, -0.2) is 17.6 Å². The first-order chi connectivity index (χ1) is 5.06. The van der Waals surface area contributed by atoms with Gasteiger partial charge in [-0.25, -0.2) is 0 Å². The molecule has 0 aromatic rings. The Kier molecular flexibility index (Phi) is 4.54. The molecule has 0 unspecified atom stereocenters. The minimum Gasteiger partial charge on any atom is -0.481 e. The second kappa shape index (κ2) is 4.91. The lowest BCUT2D eigenvalue weighted by molar-refractivity contribution is -0.138. The third-order valence-electron chi connectivity index (χ3n) is 1.43. The molecule has 64 valence electrons. The van der Waals surface area contributed by atoms with Gasteiger partial charge in [-0.05, 0) is 25.8 Å². The molecule has 0 radical (unpaired) electrons. The highest BCUT2D eigenvalue weighted by atomic mass is 16.4. The summed E-state index contributed by atoms with van der Waals surface area (Å²) in [7, 11) is 0. The van der Waals surface area contributed by atoms with Crippen LogP contribution in [-0.2, 0) is 4.79 Å². The van der Waals surface area contributed by atoms with Crippen molar-refractivity contribution in [2.75, 3.05) is 6.54 Å². The lowest BCUT2D eigenvalue weighted by atomic mass is 9.98. The predicted octanol–water partition coefficient (Wildman–Crippen LogP) is 1.00. The van der Waals surface area contributed by atoms with Crippen molar-refractivity contribution < 1.29 is 9.90 Å². The van der Waals surface area contributed by atoms with Gasteiger partial charge < -0.3 is 10.8 Å². The number of nitrogens with two attached hydrogens (primary N) is 1. The number of hydrogen-bond donors (Lipinski definition) is 2. The Morgan fingerprint density at radius 1 is 1.64 bits per heavy atom. The van der Waals surface area contributed by atoms with Gasteiger partial charge in [0, 0.05) is 6.42 Å². The Labute approximate surface area is 66.9 Å². The smallest absolute Gasteiger partial charge is 0.303 e. The fourth-order valence-corrected chi connectivity index (χ4v) is 0.979. The summed E-state index contributed by atoms with van der Waals surface area (Å²) in [4.78, 5) is 10.3.